The molecule has 0 aliphatic heterocycles. The molecule has 2 atom stereocenters. The summed E-state index contributed by atoms with van der Waals surface area (Å²) in [4.78, 5) is 23.3. The summed E-state index contributed by atoms with van der Waals surface area (Å²) in [7, 11) is -1.35. The first-order chi connectivity index (χ1) is 14.5. The lowest BCUT2D eigenvalue weighted by molar-refractivity contribution is -0.120. The van der Waals surface area contributed by atoms with Crippen molar-refractivity contribution in [2.75, 3.05) is 40.8 Å². The lowest BCUT2D eigenvalue weighted by Crippen LogP contribution is -2.16. The lowest BCUT2D eigenvalue weighted by atomic mass is 10.0. The molecule has 0 amide bonds. The van der Waals surface area contributed by atoms with Crippen LogP contribution >= 0.6 is 15.2 Å². The maximum atomic E-state index is 11.7. The van der Waals surface area contributed by atoms with Gasteiger partial charge in [-0.1, -0.05) is 20.8 Å². The average Bonchev–Trinajstić information content (AvgIpc) is 2.77. The van der Waals surface area contributed by atoms with Crippen LogP contribution < -0.4 is 0 Å². The molecule has 0 bridgehead atoms. The van der Waals surface area contributed by atoms with E-state index in [-0.39, 0.29) is 35.7 Å². The van der Waals surface area contributed by atoms with Crippen LogP contribution in [0.5, 0.6) is 0 Å². The number of ketones is 2. The SMILES string of the molecule is CC#CC[C@H](C)C(=O)CP(=O)(OC)OC.CCC#CC[C@H](C)C(=O)CP(=O)(OC)OC. The largest absolute Gasteiger partial charge is 0.337 e. The smallest absolute Gasteiger partial charge is 0.312 e. The Kier molecular flexibility index (Phi) is 17.9. The highest BCUT2D eigenvalue weighted by Crippen LogP contribution is 2.47. The molecule has 0 fully saturated rings. The van der Waals surface area contributed by atoms with Crippen LogP contribution in [0.15, 0.2) is 0 Å². The summed E-state index contributed by atoms with van der Waals surface area (Å²) in [5, 5.41) is 0. The zero-order valence-electron chi connectivity index (χ0n) is 19.9. The van der Waals surface area contributed by atoms with Crippen molar-refractivity contribution in [2.24, 2.45) is 11.8 Å². The van der Waals surface area contributed by atoms with Crippen molar-refractivity contribution >= 4 is 26.8 Å². The van der Waals surface area contributed by atoms with Gasteiger partial charge in [-0.15, -0.1) is 23.7 Å². The number of carbonyl (C=O) groups is 2. The van der Waals surface area contributed by atoms with Crippen LogP contribution in [0.2, 0.25) is 0 Å². The van der Waals surface area contributed by atoms with E-state index < -0.39 is 15.2 Å². The number of hydrogen-bond donors (Lipinski definition) is 0. The predicted octanol–water partition coefficient (Wildman–Crippen LogP) is 4.57. The summed E-state index contributed by atoms with van der Waals surface area (Å²) in [6, 6.07) is 0. The Morgan fingerprint density at radius 3 is 1.39 bits per heavy atom. The van der Waals surface area contributed by atoms with Gasteiger partial charge in [-0.05, 0) is 6.92 Å². The molecule has 0 rings (SSSR count). The molecule has 31 heavy (non-hydrogen) atoms. The van der Waals surface area contributed by atoms with Gasteiger partial charge in [0.25, 0.3) is 0 Å². The number of hydrogen-bond acceptors (Lipinski definition) is 8. The first-order valence-corrected chi connectivity index (χ1v) is 13.2. The van der Waals surface area contributed by atoms with Crippen molar-refractivity contribution < 1.29 is 36.8 Å². The molecular formula is C21H36O8P2. The third-order valence-corrected chi connectivity index (χ3v) is 7.83. The van der Waals surface area contributed by atoms with E-state index in [0.29, 0.717) is 12.8 Å². The van der Waals surface area contributed by atoms with Crippen molar-refractivity contribution in [3.63, 3.8) is 0 Å². The standard InChI is InChI=1S/C11H19O4P.C10H17O4P/c1-5-6-7-8-10(2)11(12)9-16(13,14-3)15-4;1-5-6-7-9(2)10(11)8-15(12,13-3)14-4/h10H,5,8-9H2,1-4H3;9H,7-8H2,1-4H3/t10-;9-/m00/s1. The second-order valence-corrected chi connectivity index (χ2v) is 11.1. The summed E-state index contributed by atoms with van der Waals surface area (Å²) < 4.78 is 42.1. The second-order valence-electron chi connectivity index (χ2n) is 6.55. The zero-order valence-corrected chi connectivity index (χ0v) is 21.6. The Balaban J connectivity index is 0. The molecule has 0 aromatic carbocycles. The molecule has 0 spiro atoms. The molecule has 10 heteroatoms. The monoisotopic (exact) mass is 478 g/mol. The molecule has 0 aliphatic rings. The molecule has 0 unspecified atom stereocenters. The van der Waals surface area contributed by atoms with Gasteiger partial charge in [0.1, 0.15) is 23.9 Å². The van der Waals surface area contributed by atoms with Gasteiger partial charge in [0.05, 0.1) is 0 Å². The first kappa shape index (κ1) is 31.9. The molecule has 0 saturated heterocycles. The summed E-state index contributed by atoms with van der Waals surface area (Å²) in [5.74, 6) is 10.5. The molecule has 178 valence electrons. The normalized spacial score (nSPS) is 12.8. The Labute approximate surface area is 187 Å². The van der Waals surface area contributed by atoms with E-state index in [0.717, 1.165) is 6.42 Å². The van der Waals surface area contributed by atoms with Crippen LogP contribution in [0.25, 0.3) is 0 Å². The van der Waals surface area contributed by atoms with E-state index in [9.17, 15) is 18.7 Å². The summed E-state index contributed by atoms with van der Waals surface area (Å²) in [5.41, 5.74) is 0. The van der Waals surface area contributed by atoms with Crippen molar-refractivity contribution in [2.45, 2.75) is 47.0 Å². The van der Waals surface area contributed by atoms with Crippen LogP contribution in [0.1, 0.15) is 47.0 Å². The molecule has 0 saturated carbocycles. The van der Waals surface area contributed by atoms with Crippen molar-refractivity contribution in [1.82, 2.24) is 0 Å². The average molecular weight is 478 g/mol. The molecule has 8 nitrogen and oxygen atoms in total. The third kappa shape index (κ3) is 14.4. The van der Waals surface area contributed by atoms with Crippen molar-refractivity contribution in [3.05, 3.63) is 0 Å². The fraction of sp³-hybridized carbons (Fsp3) is 0.714. The van der Waals surface area contributed by atoms with Gasteiger partial charge >= 0.3 is 15.2 Å². The quantitative estimate of drug-likeness (QED) is 0.297. The van der Waals surface area contributed by atoms with Gasteiger partial charge in [-0.25, -0.2) is 0 Å². The summed E-state index contributed by atoms with van der Waals surface area (Å²) in [6.07, 6.45) is 1.36. The second kappa shape index (κ2) is 17.3. The van der Waals surface area contributed by atoms with Crippen LogP contribution in [0, 0.1) is 35.5 Å². The molecular weight excluding hydrogens is 442 g/mol. The van der Waals surface area contributed by atoms with E-state index in [4.69, 9.17) is 9.05 Å². The molecule has 0 aromatic heterocycles. The molecule has 0 heterocycles. The maximum absolute atomic E-state index is 11.7. The fourth-order valence-electron chi connectivity index (χ4n) is 1.93. The van der Waals surface area contributed by atoms with Gasteiger partial charge < -0.3 is 18.1 Å². The van der Waals surface area contributed by atoms with Gasteiger partial charge in [0.2, 0.25) is 0 Å². The first-order valence-electron chi connectivity index (χ1n) is 9.79. The maximum Gasteiger partial charge on any atom is 0.337 e. The fourth-order valence-corrected chi connectivity index (χ4v) is 4.14. The lowest BCUT2D eigenvalue weighted by Gasteiger charge is -2.14. The highest BCUT2D eigenvalue weighted by Gasteiger charge is 2.28. The van der Waals surface area contributed by atoms with E-state index in [2.05, 4.69) is 32.7 Å². The molecule has 0 aromatic rings. The number of rotatable bonds is 12. The number of Topliss-reactive ketones (excluding diaryl/α,β-unsaturated/α-hetero) is 2. The van der Waals surface area contributed by atoms with Crippen LogP contribution in [-0.2, 0) is 36.8 Å². The van der Waals surface area contributed by atoms with Crippen molar-refractivity contribution in [1.29, 1.82) is 0 Å². The van der Waals surface area contributed by atoms with Crippen LogP contribution in [0.4, 0.5) is 0 Å². The Hall–Kier alpha value is -1.24. The van der Waals surface area contributed by atoms with Gasteiger partial charge in [-0.2, -0.15) is 0 Å². The number of carbonyl (C=O) groups excluding carboxylic acids is 2. The summed E-state index contributed by atoms with van der Waals surface area (Å²) in [6.45, 7) is 7.18. The minimum atomic E-state index is -3.23. The highest BCUT2D eigenvalue weighted by atomic mass is 31.2. The summed E-state index contributed by atoms with van der Waals surface area (Å²) >= 11 is 0. The van der Waals surface area contributed by atoms with Crippen molar-refractivity contribution in [3.8, 4) is 23.7 Å². The Morgan fingerprint density at radius 1 is 0.742 bits per heavy atom. The minimum Gasteiger partial charge on any atom is -0.312 e. The zero-order chi connectivity index (χ0) is 24.5. The molecule has 0 N–H and O–H groups in total. The highest BCUT2D eigenvalue weighted by molar-refractivity contribution is 7.55. The van der Waals surface area contributed by atoms with Gasteiger partial charge in [0, 0.05) is 59.5 Å². The van der Waals surface area contributed by atoms with E-state index in [1.165, 1.54) is 28.4 Å². The van der Waals surface area contributed by atoms with Gasteiger partial charge in [-0.3, -0.25) is 18.7 Å². The van der Waals surface area contributed by atoms with Gasteiger partial charge in [0.15, 0.2) is 0 Å². The Bertz CT molecular complexity index is 754. The minimum absolute atomic E-state index is 0.141. The van der Waals surface area contributed by atoms with E-state index in [1.54, 1.807) is 20.8 Å². The third-order valence-electron chi connectivity index (χ3n) is 4.21. The molecule has 0 aliphatic carbocycles. The predicted molar refractivity (Wildman–Crippen MR) is 122 cm³/mol. The Morgan fingerprint density at radius 2 is 1.10 bits per heavy atom. The van der Waals surface area contributed by atoms with Crippen LogP contribution in [0.3, 0.4) is 0 Å². The topological polar surface area (TPSA) is 105 Å². The van der Waals surface area contributed by atoms with Crippen LogP contribution in [-0.4, -0.2) is 52.3 Å². The molecule has 0 radical (unpaired) electrons. The van der Waals surface area contributed by atoms with E-state index >= 15 is 0 Å². The van der Waals surface area contributed by atoms with E-state index in [1.807, 2.05) is 6.92 Å².